The van der Waals surface area contributed by atoms with Gasteiger partial charge >= 0.3 is 7.60 Å². The first-order valence-electron chi connectivity index (χ1n) is 7.85. The molecule has 0 fully saturated rings. The summed E-state index contributed by atoms with van der Waals surface area (Å²) in [6, 6.07) is 14.3. The molecule has 0 aliphatic carbocycles. The third kappa shape index (κ3) is 5.23. The minimum atomic E-state index is -4.33. The first kappa shape index (κ1) is 19.8. The molecule has 1 atom stereocenters. The van der Waals surface area contributed by atoms with Crippen LogP contribution in [0.1, 0.15) is 18.9 Å². The molecule has 0 aliphatic heterocycles. The van der Waals surface area contributed by atoms with Gasteiger partial charge in [-0.25, -0.2) is 13.1 Å². The Morgan fingerprint density at radius 3 is 2.24 bits per heavy atom. The molecule has 0 unspecified atom stereocenters. The molecule has 3 N–H and O–H groups in total. The van der Waals surface area contributed by atoms with Crippen molar-refractivity contribution in [2.75, 3.05) is 6.54 Å². The number of hydrogen-bond acceptors (Lipinski definition) is 3. The minimum Gasteiger partial charge on any atom is -0.324 e. The van der Waals surface area contributed by atoms with Gasteiger partial charge in [0.2, 0.25) is 10.0 Å². The lowest BCUT2D eigenvalue weighted by Crippen LogP contribution is -2.31. The lowest BCUT2D eigenvalue weighted by atomic mass is 10.0. The summed E-state index contributed by atoms with van der Waals surface area (Å²) in [5.41, 5.74) is 1.96. The fraction of sp³-hybridized carbons (Fsp3) is 0.294. The van der Waals surface area contributed by atoms with Crippen molar-refractivity contribution in [3.05, 3.63) is 54.1 Å². The molecule has 0 spiro atoms. The van der Waals surface area contributed by atoms with Crippen LogP contribution in [0.5, 0.6) is 0 Å². The summed E-state index contributed by atoms with van der Waals surface area (Å²) < 4.78 is 38.2. The van der Waals surface area contributed by atoms with E-state index < -0.39 is 23.3 Å². The van der Waals surface area contributed by atoms with Gasteiger partial charge in [-0.05, 0) is 36.6 Å². The number of aryl methyl sites for hydroxylation is 1. The van der Waals surface area contributed by atoms with Crippen LogP contribution >= 0.6 is 7.60 Å². The molecule has 0 aliphatic rings. The van der Waals surface area contributed by atoms with Crippen LogP contribution in [0, 0.1) is 6.92 Å². The van der Waals surface area contributed by atoms with Crippen molar-refractivity contribution in [3.63, 3.8) is 0 Å². The van der Waals surface area contributed by atoms with E-state index >= 15 is 0 Å². The maximum Gasteiger partial charge on any atom is 0.329 e. The van der Waals surface area contributed by atoms with Crippen LogP contribution in [0.4, 0.5) is 0 Å². The predicted molar refractivity (Wildman–Crippen MR) is 97.9 cm³/mol. The molecule has 136 valence electrons. The average Bonchev–Trinajstić information content (AvgIpc) is 2.54. The van der Waals surface area contributed by atoms with Crippen molar-refractivity contribution in [3.8, 4) is 11.1 Å². The summed E-state index contributed by atoms with van der Waals surface area (Å²) in [5.74, 6) is 0. The number of nitrogens with one attached hydrogen (secondary N) is 1. The summed E-state index contributed by atoms with van der Waals surface area (Å²) in [7, 11) is -8.16. The number of hydrogen-bond donors (Lipinski definition) is 3. The van der Waals surface area contributed by atoms with E-state index in [2.05, 4.69) is 4.72 Å². The molecule has 0 radical (unpaired) electrons. The molecule has 2 rings (SSSR count). The minimum absolute atomic E-state index is 0.0597. The molecule has 0 saturated carbocycles. The van der Waals surface area contributed by atoms with Gasteiger partial charge < -0.3 is 9.79 Å². The Hall–Kier alpha value is -1.50. The molecular formula is C17H22NO5PS. The quantitative estimate of drug-likeness (QED) is 0.638. The van der Waals surface area contributed by atoms with Crippen molar-refractivity contribution >= 4 is 17.6 Å². The zero-order valence-corrected chi connectivity index (χ0v) is 15.8. The van der Waals surface area contributed by atoms with Gasteiger partial charge in [0.15, 0.2) is 0 Å². The highest BCUT2D eigenvalue weighted by molar-refractivity contribution is 7.89. The van der Waals surface area contributed by atoms with E-state index in [1.165, 1.54) is 12.1 Å². The van der Waals surface area contributed by atoms with Crippen LogP contribution in [0.2, 0.25) is 0 Å². The van der Waals surface area contributed by atoms with E-state index in [-0.39, 0.29) is 17.9 Å². The molecule has 8 heteroatoms. The van der Waals surface area contributed by atoms with Crippen molar-refractivity contribution in [2.24, 2.45) is 0 Å². The Bertz CT molecular complexity index is 874. The SMILES string of the molecule is CC[C@H](CNS(=O)(=O)c1ccc(-c2cccc(C)c2)cc1)P(=O)(O)O. The third-order valence-corrected chi connectivity index (χ3v) is 6.91. The summed E-state index contributed by atoms with van der Waals surface area (Å²) in [5, 5.41) is 0. The molecule has 2 aromatic carbocycles. The van der Waals surface area contributed by atoms with Crippen LogP contribution in [0.15, 0.2) is 53.4 Å². The highest BCUT2D eigenvalue weighted by atomic mass is 32.2. The lowest BCUT2D eigenvalue weighted by Gasteiger charge is -2.17. The fourth-order valence-electron chi connectivity index (χ4n) is 2.44. The predicted octanol–water partition coefficient (Wildman–Crippen LogP) is 2.90. The molecule has 0 saturated heterocycles. The van der Waals surface area contributed by atoms with E-state index in [0.29, 0.717) is 0 Å². The standard InChI is InChI=1S/C17H22NO5PS/c1-3-16(24(19,20)21)12-18-25(22,23)17-9-7-14(8-10-17)15-6-4-5-13(2)11-15/h4-11,16,18H,3,12H2,1-2H3,(H2,19,20,21)/t16-/m1/s1. The van der Waals surface area contributed by atoms with Crippen molar-refractivity contribution in [1.29, 1.82) is 0 Å². The highest BCUT2D eigenvalue weighted by Crippen LogP contribution is 2.42. The zero-order valence-electron chi connectivity index (χ0n) is 14.1. The Balaban J connectivity index is 2.16. The second-order valence-electron chi connectivity index (χ2n) is 5.90. The van der Waals surface area contributed by atoms with E-state index in [1.807, 2.05) is 31.2 Å². The molecule has 0 heterocycles. The van der Waals surface area contributed by atoms with Gasteiger partial charge in [0.25, 0.3) is 0 Å². The Labute approximate surface area is 148 Å². The van der Waals surface area contributed by atoms with Gasteiger partial charge in [0.05, 0.1) is 10.6 Å². The van der Waals surface area contributed by atoms with Crippen molar-refractivity contribution in [1.82, 2.24) is 4.72 Å². The van der Waals surface area contributed by atoms with E-state index in [0.717, 1.165) is 16.7 Å². The molecular weight excluding hydrogens is 361 g/mol. The second kappa shape index (κ2) is 7.81. The lowest BCUT2D eigenvalue weighted by molar-refractivity contribution is 0.355. The summed E-state index contributed by atoms with van der Waals surface area (Å²) >= 11 is 0. The Kier molecular flexibility index (Phi) is 6.19. The van der Waals surface area contributed by atoms with Crippen LogP contribution in [-0.2, 0) is 14.6 Å². The molecule has 6 nitrogen and oxygen atoms in total. The van der Waals surface area contributed by atoms with Crippen molar-refractivity contribution < 1.29 is 22.8 Å². The number of benzene rings is 2. The van der Waals surface area contributed by atoms with E-state index in [9.17, 15) is 22.8 Å². The fourth-order valence-corrected chi connectivity index (χ4v) is 4.45. The second-order valence-corrected chi connectivity index (χ2v) is 9.57. The van der Waals surface area contributed by atoms with E-state index in [4.69, 9.17) is 0 Å². The molecule has 25 heavy (non-hydrogen) atoms. The monoisotopic (exact) mass is 383 g/mol. The van der Waals surface area contributed by atoms with Gasteiger partial charge in [0.1, 0.15) is 0 Å². The average molecular weight is 383 g/mol. The molecule has 2 aromatic rings. The largest absolute Gasteiger partial charge is 0.329 e. The molecule has 0 amide bonds. The first-order chi connectivity index (χ1) is 11.6. The van der Waals surface area contributed by atoms with Gasteiger partial charge in [0, 0.05) is 6.54 Å². The van der Waals surface area contributed by atoms with Gasteiger partial charge in [-0.1, -0.05) is 48.9 Å². The van der Waals surface area contributed by atoms with E-state index in [1.54, 1.807) is 19.1 Å². The smallest absolute Gasteiger partial charge is 0.324 e. The highest BCUT2D eigenvalue weighted by Gasteiger charge is 2.28. The summed E-state index contributed by atoms with van der Waals surface area (Å²) in [4.78, 5) is 18.5. The maximum atomic E-state index is 12.3. The Morgan fingerprint density at radius 2 is 1.72 bits per heavy atom. The summed E-state index contributed by atoms with van der Waals surface area (Å²) in [6.07, 6.45) is 0.180. The number of rotatable bonds is 7. The third-order valence-electron chi connectivity index (χ3n) is 3.97. The van der Waals surface area contributed by atoms with Gasteiger partial charge in [-0.15, -0.1) is 0 Å². The molecule has 0 aromatic heterocycles. The van der Waals surface area contributed by atoms with Crippen LogP contribution in [0.3, 0.4) is 0 Å². The maximum absolute atomic E-state index is 12.3. The van der Waals surface area contributed by atoms with Gasteiger partial charge in [-0.2, -0.15) is 0 Å². The van der Waals surface area contributed by atoms with Crippen molar-refractivity contribution in [2.45, 2.75) is 30.8 Å². The van der Waals surface area contributed by atoms with Crippen LogP contribution < -0.4 is 4.72 Å². The topological polar surface area (TPSA) is 104 Å². The van der Waals surface area contributed by atoms with Gasteiger partial charge in [-0.3, -0.25) is 4.57 Å². The first-order valence-corrected chi connectivity index (χ1v) is 11.0. The number of sulfonamides is 1. The van der Waals surface area contributed by atoms with Crippen LogP contribution in [0.25, 0.3) is 11.1 Å². The Morgan fingerprint density at radius 1 is 1.08 bits per heavy atom. The molecule has 0 bridgehead atoms. The van der Waals surface area contributed by atoms with Crippen LogP contribution in [-0.4, -0.2) is 30.4 Å². The zero-order chi connectivity index (χ0) is 18.7. The normalized spacial score (nSPS) is 13.6. The summed E-state index contributed by atoms with van der Waals surface area (Å²) in [6.45, 7) is 3.29.